The number of hydrogen-bond donors (Lipinski definition) is 0. The van der Waals surface area contributed by atoms with Crippen LogP contribution in [0.15, 0.2) is 34.5 Å². The normalized spacial score (nSPS) is 20.4. The Morgan fingerprint density at radius 3 is 2.21 bits per heavy atom. The number of methoxy groups -OCH3 is 2. The minimum absolute atomic E-state index is 0.175. The molecule has 0 bridgehead atoms. The summed E-state index contributed by atoms with van der Waals surface area (Å²) in [7, 11) is 2.54. The Bertz CT molecular complexity index is 1400. The van der Waals surface area contributed by atoms with Gasteiger partial charge in [-0.25, -0.2) is 13.2 Å². The molecule has 39 heavy (non-hydrogen) atoms. The van der Waals surface area contributed by atoms with Crippen LogP contribution in [0.3, 0.4) is 0 Å². The van der Waals surface area contributed by atoms with E-state index < -0.39 is 59.2 Å². The van der Waals surface area contributed by atoms with Crippen LogP contribution >= 0.6 is 0 Å². The number of Topliss-reactive ketones (excluding diaryl/α,β-unsaturated/α-hetero) is 1. The quantitative estimate of drug-likeness (QED) is 0.192. The van der Waals surface area contributed by atoms with Gasteiger partial charge in [-0.3, -0.25) is 14.6 Å². The van der Waals surface area contributed by atoms with Crippen LogP contribution in [0.4, 0.5) is 22.0 Å². The molecule has 0 spiro atoms. The van der Waals surface area contributed by atoms with E-state index in [0.29, 0.717) is 29.0 Å². The molecule has 0 radical (unpaired) electrons. The highest BCUT2D eigenvalue weighted by molar-refractivity contribution is 6.09. The molecule has 0 saturated heterocycles. The van der Waals surface area contributed by atoms with Crippen molar-refractivity contribution in [3.63, 3.8) is 0 Å². The maximum absolute atomic E-state index is 14.2. The van der Waals surface area contributed by atoms with Crippen LogP contribution in [-0.4, -0.2) is 31.7 Å². The van der Waals surface area contributed by atoms with E-state index in [4.69, 9.17) is 14.2 Å². The first kappa shape index (κ1) is 28.3. The second kappa shape index (κ2) is 10.4. The highest BCUT2D eigenvalue weighted by Gasteiger charge is 2.46. The number of nitrogens with zero attached hydrogens (tertiary/aromatic N) is 1. The lowest BCUT2D eigenvalue weighted by Crippen LogP contribution is -2.39. The largest absolute Gasteiger partial charge is 0.496 e. The number of carbonyl (C=O) groups is 2. The van der Waals surface area contributed by atoms with Crippen molar-refractivity contribution in [3.8, 4) is 11.5 Å². The lowest BCUT2D eigenvalue weighted by atomic mass is 9.66. The van der Waals surface area contributed by atoms with E-state index in [0.717, 1.165) is 0 Å². The highest BCUT2D eigenvalue weighted by atomic mass is 19.2. The topological polar surface area (TPSA) is 74.2 Å². The van der Waals surface area contributed by atoms with E-state index in [1.54, 1.807) is 13.0 Å². The van der Waals surface area contributed by atoms with Crippen LogP contribution in [0.2, 0.25) is 0 Å². The number of ether oxygens (including phenoxy) is 3. The van der Waals surface area contributed by atoms with Gasteiger partial charge in [0, 0.05) is 34.9 Å². The summed E-state index contributed by atoms with van der Waals surface area (Å²) in [4.78, 5) is 30.8. The molecule has 208 valence electrons. The summed E-state index contributed by atoms with van der Waals surface area (Å²) >= 11 is 0. The predicted octanol–water partition coefficient (Wildman–Crippen LogP) is 5.96. The molecule has 2 atom stereocenters. The molecule has 2 aromatic carbocycles. The zero-order valence-electron chi connectivity index (χ0n) is 21.9. The van der Waals surface area contributed by atoms with Crippen LogP contribution < -0.4 is 9.47 Å². The molecule has 6 nitrogen and oxygen atoms in total. The number of esters is 1. The Labute approximate surface area is 221 Å². The van der Waals surface area contributed by atoms with E-state index in [1.165, 1.54) is 26.4 Å². The summed E-state index contributed by atoms with van der Waals surface area (Å²) in [5, 5.41) is 0. The predicted molar refractivity (Wildman–Crippen MR) is 130 cm³/mol. The number of aliphatic imine (C=N–C) groups is 1. The molecular weight excluding hydrogens is 525 g/mol. The summed E-state index contributed by atoms with van der Waals surface area (Å²) in [6.45, 7) is 4.92. The third kappa shape index (κ3) is 5.02. The van der Waals surface area contributed by atoms with E-state index >= 15 is 0 Å². The van der Waals surface area contributed by atoms with Gasteiger partial charge in [0.05, 0.1) is 14.2 Å². The van der Waals surface area contributed by atoms with Crippen molar-refractivity contribution < 1.29 is 45.8 Å². The van der Waals surface area contributed by atoms with Gasteiger partial charge in [-0.1, -0.05) is 19.9 Å². The zero-order valence-corrected chi connectivity index (χ0v) is 21.9. The summed E-state index contributed by atoms with van der Waals surface area (Å²) in [6, 6.07) is 4.62. The van der Waals surface area contributed by atoms with Crippen LogP contribution in [-0.2, 0) is 20.9 Å². The number of benzene rings is 2. The Kier molecular flexibility index (Phi) is 7.55. The van der Waals surface area contributed by atoms with Crippen molar-refractivity contribution in [2.45, 2.75) is 46.1 Å². The lowest BCUT2D eigenvalue weighted by Gasteiger charge is -2.39. The van der Waals surface area contributed by atoms with Crippen molar-refractivity contribution in [3.05, 3.63) is 69.7 Å². The Balaban J connectivity index is 1.80. The molecule has 1 heterocycles. The van der Waals surface area contributed by atoms with Gasteiger partial charge in [0.25, 0.3) is 0 Å². The Morgan fingerprint density at radius 1 is 1.00 bits per heavy atom. The fourth-order valence-electron chi connectivity index (χ4n) is 5.20. The van der Waals surface area contributed by atoms with E-state index in [2.05, 4.69) is 4.99 Å². The van der Waals surface area contributed by atoms with E-state index in [-0.39, 0.29) is 28.9 Å². The van der Waals surface area contributed by atoms with Crippen molar-refractivity contribution in [1.29, 1.82) is 0 Å². The van der Waals surface area contributed by atoms with Crippen molar-refractivity contribution in [1.82, 2.24) is 0 Å². The average molecular weight is 552 g/mol. The van der Waals surface area contributed by atoms with Gasteiger partial charge in [-0.05, 0) is 36.5 Å². The number of ketones is 1. The Hall–Kier alpha value is -3.76. The second-order valence-electron chi connectivity index (χ2n) is 10.3. The fraction of sp³-hybridized carbons (Fsp3) is 0.393. The molecule has 4 rings (SSSR count). The summed E-state index contributed by atoms with van der Waals surface area (Å²) in [6.07, 6.45) is 0.735. The number of halogens is 5. The lowest BCUT2D eigenvalue weighted by molar-refractivity contribution is -0.143. The van der Waals surface area contributed by atoms with Gasteiger partial charge in [0.15, 0.2) is 11.5 Å². The molecular formula is C28H26F5NO5. The van der Waals surface area contributed by atoms with Gasteiger partial charge in [-0.15, -0.1) is 0 Å². The van der Waals surface area contributed by atoms with Gasteiger partial charge < -0.3 is 14.2 Å². The average Bonchev–Trinajstić information content (AvgIpc) is 2.88. The monoisotopic (exact) mass is 551 g/mol. The molecule has 1 aliphatic heterocycles. The fourth-order valence-corrected chi connectivity index (χ4v) is 5.20. The van der Waals surface area contributed by atoms with Crippen molar-refractivity contribution in [2.24, 2.45) is 16.3 Å². The maximum Gasteiger partial charge on any atom is 0.315 e. The first-order chi connectivity index (χ1) is 18.3. The molecule has 1 unspecified atom stereocenters. The molecule has 0 saturated carbocycles. The minimum Gasteiger partial charge on any atom is -0.496 e. The number of hydrogen-bond acceptors (Lipinski definition) is 6. The molecule has 2 aromatic rings. The Morgan fingerprint density at radius 2 is 1.62 bits per heavy atom. The van der Waals surface area contributed by atoms with Crippen LogP contribution in [0.1, 0.15) is 50.7 Å². The summed E-state index contributed by atoms with van der Waals surface area (Å²) in [5.41, 5.74) is 1.67. The van der Waals surface area contributed by atoms with Crippen molar-refractivity contribution >= 4 is 17.5 Å². The minimum atomic E-state index is -2.30. The molecule has 2 aliphatic rings. The second-order valence-corrected chi connectivity index (χ2v) is 10.3. The third-order valence-electron chi connectivity index (χ3n) is 6.96. The van der Waals surface area contributed by atoms with Crippen LogP contribution in [0.5, 0.6) is 11.5 Å². The first-order valence-electron chi connectivity index (χ1n) is 12.0. The number of allylic oxidation sites excluding steroid dienone is 2. The number of carbonyl (C=O) groups excluding carboxylic acids is 2. The molecule has 1 aliphatic carbocycles. The SMILES string of the molecule is COC(=O)C1C(C)=NC2=C(C(=O)CC(C)(C)C2)[C@@H]1c1ccc(OC)c(COc2c(F)c(F)c(F)c(F)c2F)c1. The van der Waals surface area contributed by atoms with Crippen LogP contribution in [0, 0.1) is 40.4 Å². The van der Waals surface area contributed by atoms with E-state index in [9.17, 15) is 31.5 Å². The van der Waals surface area contributed by atoms with Crippen molar-refractivity contribution in [2.75, 3.05) is 14.2 Å². The zero-order chi connectivity index (χ0) is 28.8. The van der Waals surface area contributed by atoms with E-state index in [1.807, 2.05) is 13.8 Å². The smallest absolute Gasteiger partial charge is 0.315 e. The molecule has 0 aromatic heterocycles. The van der Waals surface area contributed by atoms with Crippen LogP contribution in [0.25, 0.3) is 0 Å². The maximum atomic E-state index is 14.2. The highest BCUT2D eigenvalue weighted by Crippen LogP contribution is 2.48. The molecule has 0 amide bonds. The molecule has 0 fully saturated rings. The van der Waals surface area contributed by atoms with Gasteiger partial charge >= 0.3 is 5.97 Å². The molecule has 0 N–H and O–H groups in total. The number of rotatable bonds is 6. The first-order valence-corrected chi connectivity index (χ1v) is 12.0. The standard InChI is InChI=1S/C28H26F5NO5/c1-12-18(27(36)38-5)19(20-15(34-12)9-28(2,3)10-16(20)35)13-6-7-17(37-4)14(8-13)11-39-26-24(32)22(30)21(29)23(31)25(26)33/h6-8,18-19H,9-11H2,1-5H3/t18?,19-/m1/s1. The third-order valence-corrected chi connectivity index (χ3v) is 6.96. The molecule has 11 heteroatoms. The van der Waals surface area contributed by atoms with Gasteiger partial charge in [0.1, 0.15) is 18.3 Å². The van der Waals surface area contributed by atoms with Gasteiger partial charge in [-0.2, -0.15) is 8.78 Å². The van der Waals surface area contributed by atoms with Gasteiger partial charge in [0.2, 0.25) is 29.1 Å². The summed E-state index contributed by atoms with van der Waals surface area (Å²) in [5.74, 6) is -14.6. The summed E-state index contributed by atoms with van der Waals surface area (Å²) < 4.78 is 84.5.